The van der Waals surface area contributed by atoms with Gasteiger partial charge in [0.2, 0.25) is 0 Å². The summed E-state index contributed by atoms with van der Waals surface area (Å²) in [5, 5.41) is 7.34. The van der Waals surface area contributed by atoms with E-state index in [2.05, 4.69) is 73.0 Å². The Morgan fingerprint density at radius 2 is 1.14 bits per heavy atom. The molecule has 0 aliphatic carbocycles. The van der Waals surface area contributed by atoms with Crippen LogP contribution in [0.5, 0.6) is 11.5 Å². The van der Waals surface area contributed by atoms with Gasteiger partial charge in [-0.15, -0.1) is 0 Å². The van der Waals surface area contributed by atoms with Crippen LogP contribution in [0, 0.1) is 13.8 Å². The van der Waals surface area contributed by atoms with Crippen LogP contribution in [0.4, 0.5) is 0 Å². The maximum Gasteiger partial charge on any atom is 0.151 e. The number of aryl methyl sites for hydroxylation is 2. The molecule has 6 nitrogen and oxygen atoms in total. The van der Waals surface area contributed by atoms with Gasteiger partial charge in [-0.05, 0) is 48.2 Å². The SMILES string of the molecule is Cc1ccccc1OC(c1ccccc1)C1CNC(C2CNCC(C(Oc3ccccc3C)c3ccccc3)O2)CO1. The number of benzene rings is 4. The van der Waals surface area contributed by atoms with Gasteiger partial charge in [0.1, 0.15) is 23.7 Å². The summed E-state index contributed by atoms with van der Waals surface area (Å²) >= 11 is 0. The highest BCUT2D eigenvalue weighted by molar-refractivity contribution is 5.34. The van der Waals surface area contributed by atoms with Crippen molar-refractivity contribution < 1.29 is 18.9 Å². The molecule has 0 saturated carbocycles. The second-order valence-corrected chi connectivity index (χ2v) is 11.2. The molecule has 0 aromatic heterocycles. The molecule has 6 heteroatoms. The molecule has 218 valence electrons. The maximum atomic E-state index is 6.79. The Bertz CT molecular complexity index is 1410. The fourth-order valence-electron chi connectivity index (χ4n) is 5.80. The van der Waals surface area contributed by atoms with Gasteiger partial charge >= 0.3 is 0 Å². The summed E-state index contributed by atoms with van der Waals surface area (Å²) in [5.74, 6) is 1.75. The Kier molecular flexibility index (Phi) is 9.16. The largest absolute Gasteiger partial charge is 0.483 e. The van der Waals surface area contributed by atoms with Crippen molar-refractivity contribution in [1.82, 2.24) is 10.6 Å². The molecule has 4 aromatic carbocycles. The molecule has 2 N–H and O–H groups in total. The Morgan fingerprint density at radius 3 is 1.67 bits per heavy atom. The molecule has 0 spiro atoms. The molecule has 42 heavy (non-hydrogen) atoms. The smallest absolute Gasteiger partial charge is 0.151 e. The quantitative estimate of drug-likeness (QED) is 0.262. The molecule has 4 aromatic rings. The van der Waals surface area contributed by atoms with E-state index in [0.29, 0.717) is 19.7 Å². The molecule has 0 bridgehead atoms. The van der Waals surface area contributed by atoms with Crippen LogP contribution < -0.4 is 20.1 Å². The highest BCUT2D eigenvalue weighted by Crippen LogP contribution is 2.32. The van der Waals surface area contributed by atoms with Crippen LogP contribution in [0.1, 0.15) is 34.5 Å². The van der Waals surface area contributed by atoms with Gasteiger partial charge in [0, 0.05) is 19.6 Å². The molecule has 2 saturated heterocycles. The van der Waals surface area contributed by atoms with Crippen LogP contribution >= 0.6 is 0 Å². The van der Waals surface area contributed by atoms with Crippen molar-refractivity contribution >= 4 is 0 Å². The van der Waals surface area contributed by atoms with Crippen molar-refractivity contribution in [3.63, 3.8) is 0 Å². The van der Waals surface area contributed by atoms with Gasteiger partial charge in [0.25, 0.3) is 0 Å². The monoisotopic (exact) mass is 564 g/mol. The van der Waals surface area contributed by atoms with E-state index in [1.54, 1.807) is 0 Å². The predicted molar refractivity (Wildman–Crippen MR) is 165 cm³/mol. The van der Waals surface area contributed by atoms with E-state index in [4.69, 9.17) is 18.9 Å². The molecule has 0 radical (unpaired) electrons. The van der Waals surface area contributed by atoms with Crippen molar-refractivity contribution in [3.05, 3.63) is 131 Å². The average Bonchev–Trinajstić information content (AvgIpc) is 3.05. The van der Waals surface area contributed by atoms with Crippen molar-refractivity contribution in [2.24, 2.45) is 0 Å². The minimum atomic E-state index is -0.246. The molecule has 6 rings (SSSR count). The van der Waals surface area contributed by atoms with Crippen molar-refractivity contribution in [2.45, 2.75) is 50.4 Å². The van der Waals surface area contributed by atoms with Crippen molar-refractivity contribution in [2.75, 3.05) is 26.2 Å². The maximum absolute atomic E-state index is 6.79. The van der Waals surface area contributed by atoms with Crippen molar-refractivity contribution in [1.29, 1.82) is 0 Å². The van der Waals surface area contributed by atoms with Gasteiger partial charge in [-0.3, -0.25) is 0 Å². The van der Waals surface area contributed by atoms with E-state index in [1.165, 1.54) is 0 Å². The number of nitrogens with one attached hydrogen (secondary N) is 2. The highest BCUT2D eigenvalue weighted by Gasteiger charge is 2.39. The van der Waals surface area contributed by atoms with Gasteiger partial charge in [-0.25, -0.2) is 0 Å². The third-order valence-electron chi connectivity index (χ3n) is 8.19. The lowest BCUT2D eigenvalue weighted by Gasteiger charge is -2.42. The summed E-state index contributed by atoms with van der Waals surface area (Å²) in [6.07, 6.45) is -0.846. The Labute approximate surface area is 249 Å². The minimum Gasteiger partial charge on any atom is -0.483 e. The molecule has 0 amide bonds. The first-order valence-electron chi connectivity index (χ1n) is 14.9. The lowest BCUT2D eigenvalue weighted by molar-refractivity contribution is -0.131. The van der Waals surface area contributed by atoms with E-state index in [1.807, 2.05) is 60.7 Å². The third kappa shape index (κ3) is 6.69. The first-order chi connectivity index (χ1) is 20.7. The summed E-state index contributed by atoms with van der Waals surface area (Å²) in [7, 11) is 0. The topological polar surface area (TPSA) is 61.0 Å². The number of rotatable bonds is 9. The number of ether oxygens (including phenoxy) is 4. The van der Waals surface area contributed by atoms with Gasteiger partial charge in [-0.2, -0.15) is 0 Å². The minimum absolute atomic E-state index is 0.0429. The average molecular weight is 565 g/mol. The van der Waals surface area contributed by atoms with Crippen LogP contribution in [0.25, 0.3) is 0 Å². The number of hydrogen-bond acceptors (Lipinski definition) is 6. The van der Waals surface area contributed by atoms with Crippen LogP contribution in [-0.4, -0.2) is 50.6 Å². The fourth-order valence-corrected chi connectivity index (χ4v) is 5.80. The van der Waals surface area contributed by atoms with Gasteiger partial charge < -0.3 is 29.6 Å². The number of para-hydroxylation sites is 2. The van der Waals surface area contributed by atoms with Crippen LogP contribution in [0.3, 0.4) is 0 Å². The normalized spacial score (nSPS) is 24.0. The molecule has 2 aliphatic rings. The fraction of sp³-hybridized carbons (Fsp3) is 0.333. The molecule has 6 unspecified atom stereocenters. The number of morpholine rings is 2. The second kappa shape index (κ2) is 13.5. The standard InChI is InChI=1S/C36H40N2O4/c1-25-13-9-11-19-30(25)41-35(27-15-5-3-6-16-27)33-23-38-29(24-39-33)32-21-37-22-34(40-32)36(28-17-7-4-8-18-28)42-31-20-12-10-14-26(31)2/h3-20,29,32-38H,21-24H2,1-2H3. The van der Waals surface area contributed by atoms with E-state index in [0.717, 1.165) is 40.3 Å². The highest BCUT2D eigenvalue weighted by atomic mass is 16.6. The van der Waals surface area contributed by atoms with Gasteiger partial charge in [-0.1, -0.05) is 97.1 Å². The van der Waals surface area contributed by atoms with E-state index >= 15 is 0 Å². The third-order valence-corrected chi connectivity index (χ3v) is 8.19. The number of hydrogen-bond donors (Lipinski definition) is 2. The van der Waals surface area contributed by atoms with Crippen LogP contribution in [0.2, 0.25) is 0 Å². The summed E-state index contributed by atoms with van der Waals surface area (Å²) in [5.41, 5.74) is 4.41. The molecular weight excluding hydrogens is 524 g/mol. The van der Waals surface area contributed by atoms with Crippen LogP contribution in [-0.2, 0) is 9.47 Å². The van der Waals surface area contributed by atoms with E-state index in [9.17, 15) is 0 Å². The second-order valence-electron chi connectivity index (χ2n) is 11.2. The Morgan fingerprint density at radius 1 is 0.619 bits per heavy atom. The first-order valence-corrected chi connectivity index (χ1v) is 14.9. The van der Waals surface area contributed by atoms with Crippen molar-refractivity contribution in [3.8, 4) is 11.5 Å². The van der Waals surface area contributed by atoms with Crippen LogP contribution in [0.15, 0.2) is 109 Å². The lowest BCUT2D eigenvalue weighted by atomic mass is 9.99. The van der Waals surface area contributed by atoms with E-state index < -0.39 is 0 Å². The lowest BCUT2D eigenvalue weighted by Crippen LogP contribution is -2.60. The summed E-state index contributed by atoms with van der Waals surface area (Å²) in [6, 6.07) is 37.0. The molecule has 2 fully saturated rings. The summed E-state index contributed by atoms with van der Waals surface area (Å²) < 4.78 is 26.5. The summed E-state index contributed by atoms with van der Waals surface area (Å²) in [6.45, 7) is 6.78. The zero-order valence-electron chi connectivity index (χ0n) is 24.3. The van der Waals surface area contributed by atoms with Gasteiger partial charge in [0.05, 0.1) is 18.8 Å². The van der Waals surface area contributed by atoms with Gasteiger partial charge in [0.15, 0.2) is 12.2 Å². The first kappa shape index (κ1) is 28.4. The molecule has 2 aliphatic heterocycles. The van der Waals surface area contributed by atoms with E-state index in [-0.39, 0.29) is 36.6 Å². The molecule has 6 atom stereocenters. The Balaban J connectivity index is 1.14. The Hall–Kier alpha value is -3.68. The predicted octanol–water partition coefficient (Wildman–Crippen LogP) is 5.96. The zero-order valence-corrected chi connectivity index (χ0v) is 24.3. The molecular formula is C36H40N2O4. The summed E-state index contributed by atoms with van der Waals surface area (Å²) in [4.78, 5) is 0. The molecule has 2 heterocycles. The zero-order chi connectivity index (χ0) is 28.7.